The van der Waals surface area contributed by atoms with Crippen molar-refractivity contribution in [1.82, 2.24) is 0 Å². The van der Waals surface area contributed by atoms with Crippen LogP contribution in [-0.2, 0) is 11.2 Å². The van der Waals surface area contributed by atoms with Crippen LogP contribution >= 0.6 is 0 Å². The summed E-state index contributed by atoms with van der Waals surface area (Å²) in [5.41, 5.74) is 1.02. The van der Waals surface area contributed by atoms with Crippen molar-refractivity contribution in [2.24, 2.45) is 0 Å². The van der Waals surface area contributed by atoms with Gasteiger partial charge in [0.05, 0.1) is 20.3 Å². The normalized spacial score (nSPS) is 25.4. The molecule has 7 atom stereocenters. The fourth-order valence-corrected chi connectivity index (χ4v) is 3.93. The second-order valence-corrected chi connectivity index (χ2v) is 8.64. The average molecular weight is 527 g/mol. The van der Waals surface area contributed by atoms with Gasteiger partial charge in [-0.25, -0.2) is 0 Å². The van der Waals surface area contributed by atoms with Gasteiger partial charge in [-0.2, -0.15) is 0 Å². The van der Waals surface area contributed by atoms with E-state index in [9.17, 15) is 35.7 Å². The van der Waals surface area contributed by atoms with Crippen LogP contribution in [0.25, 0.3) is 0 Å². The van der Waals surface area contributed by atoms with Crippen molar-refractivity contribution in [3.63, 3.8) is 0 Å². The third-order valence-corrected chi connectivity index (χ3v) is 6.08. The summed E-state index contributed by atoms with van der Waals surface area (Å²) in [7, 11) is 1.35. The number of rotatable bonds is 12. The molecule has 8 N–H and O–H groups in total. The fourth-order valence-electron chi connectivity index (χ4n) is 3.93. The van der Waals surface area contributed by atoms with Gasteiger partial charge in [0.2, 0.25) is 6.29 Å². The highest BCUT2D eigenvalue weighted by Crippen LogP contribution is 2.36. The Bertz CT molecular complexity index is 1000. The lowest BCUT2D eigenvalue weighted by Gasteiger charge is -2.39. The van der Waals surface area contributed by atoms with Crippen LogP contribution in [0.1, 0.15) is 23.7 Å². The highest BCUT2D eigenvalue weighted by molar-refractivity contribution is 5.45. The molecule has 1 saturated heterocycles. The molecule has 2 aromatic carbocycles. The Balaban J connectivity index is 1.89. The molecule has 0 unspecified atom stereocenters. The van der Waals surface area contributed by atoms with Crippen LogP contribution in [-0.4, -0.2) is 105 Å². The number of methoxy groups -OCH3 is 1. The fraction of sp³-hybridized carbons (Fsp3) is 0.520. The van der Waals surface area contributed by atoms with Crippen molar-refractivity contribution in [1.29, 1.82) is 0 Å². The van der Waals surface area contributed by atoms with Crippen LogP contribution in [0.5, 0.6) is 23.0 Å². The third kappa shape index (κ3) is 6.80. The molecule has 0 bridgehead atoms. The number of benzene rings is 2. The lowest BCUT2D eigenvalue weighted by molar-refractivity contribution is -0.277. The lowest BCUT2D eigenvalue weighted by atomic mass is 9.99. The Labute approximate surface area is 213 Å². The van der Waals surface area contributed by atoms with E-state index in [-0.39, 0.29) is 29.6 Å². The highest BCUT2D eigenvalue weighted by Gasteiger charge is 2.45. The molecule has 0 aliphatic carbocycles. The van der Waals surface area contributed by atoms with E-state index in [2.05, 4.69) is 0 Å². The van der Waals surface area contributed by atoms with Crippen LogP contribution in [0.3, 0.4) is 0 Å². The number of phenolic OH excluding ortho intramolecular Hbond substituents is 1. The van der Waals surface area contributed by atoms with Gasteiger partial charge >= 0.3 is 0 Å². The molecule has 0 saturated carbocycles. The molecule has 2 aromatic rings. The quantitative estimate of drug-likeness (QED) is 0.168. The topological polar surface area (TPSA) is 199 Å². The van der Waals surface area contributed by atoms with E-state index in [1.54, 1.807) is 12.1 Å². The first-order chi connectivity index (χ1) is 17.7. The molecule has 0 aromatic heterocycles. The molecule has 0 spiro atoms. The molecule has 1 aliphatic heterocycles. The van der Waals surface area contributed by atoms with Gasteiger partial charge in [-0.15, -0.1) is 0 Å². The van der Waals surface area contributed by atoms with Gasteiger partial charge in [-0.05, 0) is 48.2 Å². The number of phenols is 1. The second-order valence-electron chi connectivity index (χ2n) is 8.64. The zero-order valence-corrected chi connectivity index (χ0v) is 20.3. The predicted octanol–water partition coefficient (Wildman–Crippen LogP) is -1.02. The molecule has 1 heterocycles. The molecule has 12 nitrogen and oxygen atoms in total. The minimum Gasteiger partial charge on any atom is -0.504 e. The van der Waals surface area contributed by atoms with Crippen LogP contribution in [0.15, 0.2) is 36.4 Å². The van der Waals surface area contributed by atoms with Crippen molar-refractivity contribution >= 4 is 0 Å². The number of hydrogen-bond donors (Lipinski definition) is 8. The molecular weight excluding hydrogens is 492 g/mol. The molecule has 12 heteroatoms. The van der Waals surface area contributed by atoms with Gasteiger partial charge in [-0.3, -0.25) is 0 Å². The zero-order chi connectivity index (χ0) is 27.1. The van der Waals surface area contributed by atoms with Crippen molar-refractivity contribution < 1.29 is 59.8 Å². The minimum absolute atomic E-state index is 0.0220. The Morgan fingerprint density at radius 3 is 2.32 bits per heavy atom. The summed E-state index contributed by atoms with van der Waals surface area (Å²) in [5.74, 6) is 0.0592. The van der Waals surface area contributed by atoms with E-state index >= 15 is 0 Å². The van der Waals surface area contributed by atoms with E-state index in [4.69, 9.17) is 24.1 Å². The standard InChI is InChI=1S/C25H34O12/c1-34-17-10-14(5-6-15(17)29)21(30)19(11-27)35-16-7-4-13(3-2-8-26)9-18(16)36-25-24(33)23(32)22(31)20(12-28)37-25/h4-7,9-10,19-33H,2-3,8,11-12H2,1H3/t19-,20-,21+,22-,23+,24-,25-/m1/s1. The summed E-state index contributed by atoms with van der Waals surface area (Å²) < 4.78 is 22.2. The van der Waals surface area contributed by atoms with Gasteiger partial charge in [0.1, 0.15) is 30.5 Å². The van der Waals surface area contributed by atoms with Crippen molar-refractivity contribution in [3.8, 4) is 23.0 Å². The summed E-state index contributed by atoms with van der Waals surface area (Å²) in [4.78, 5) is 0. The van der Waals surface area contributed by atoms with Crippen molar-refractivity contribution in [2.75, 3.05) is 26.9 Å². The van der Waals surface area contributed by atoms with Gasteiger partial charge in [0, 0.05) is 6.61 Å². The predicted molar refractivity (Wildman–Crippen MR) is 127 cm³/mol. The Morgan fingerprint density at radius 1 is 0.919 bits per heavy atom. The number of aromatic hydroxyl groups is 1. The molecule has 0 radical (unpaired) electrons. The van der Waals surface area contributed by atoms with E-state index < -0.39 is 56.1 Å². The second kappa shape index (κ2) is 13.2. The maximum atomic E-state index is 10.9. The van der Waals surface area contributed by atoms with E-state index in [0.717, 1.165) is 5.56 Å². The molecule has 1 fully saturated rings. The average Bonchev–Trinajstić information content (AvgIpc) is 2.91. The first-order valence-corrected chi connectivity index (χ1v) is 11.8. The van der Waals surface area contributed by atoms with E-state index in [0.29, 0.717) is 18.4 Å². The molecular formula is C25H34O12. The van der Waals surface area contributed by atoms with Crippen LogP contribution in [0.2, 0.25) is 0 Å². The summed E-state index contributed by atoms with van der Waals surface area (Å²) in [6, 6.07) is 8.92. The van der Waals surface area contributed by atoms with E-state index in [1.807, 2.05) is 0 Å². The Morgan fingerprint density at radius 2 is 1.68 bits per heavy atom. The summed E-state index contributed by atoms with van der Waals surface area (Å²) in [6.45, 7) is -1.30. The number of aliphatic hydroxyl groups excluding tert-OH is 7. The SMILES string of the molecule is COc1cc([C@H](O)[C@@H](CO)Oc2ccc(CCCO)cc2O[C@@H]2O[C@H](CO)[C@@H](O)[C@H](O)[C@H]2O)ccc1O. The van der Waals surface area contributed by atoms with Crippen LogP contribution < -0.4 is 14.2 Å². The number of hydrogen-bond acceptors (Lipinski definition) is 12. The van der Waals surface area contributed by atoms with Gasteiger partial charge < -0.3 is 59.8 Å². The maximum absolute atomic E-state index is 10.9. The number of ether oxygens (including phenoxy) is 4. The molecule has 3 rings (SSSR count). The smallest absolute Gasteiger partial charge is 0.229 e. The first-order valence-electron chi connectivity index (χ1n) is 11.8. The lowest BCUT2D eigenvalue weighted by Crippen LogP contribution is -2.60. The largest absolute Gasteiger partial charge is 0.504 e. The first kappa shape index (κ1) is 28.9. The van der Waals surface area contributed by atoms with Crippen molar-refractivity contribution in [3.05, 3.63) is 47.5 Å². The maximum Gasteiger partial charge on any atom is 0.229 e. The van der Waals surface area contributed by atoms with Gasteiger partial charge in [0.25, 0.3) is 0 Å². The summed E-state index contributed by atoms with van der Waals surface area (Å²) >= 11 is 0. The monoisotopic (exact) mass is 526 g/mol. The minimum atomic E-state index is -1.67. The molecule has 0 amide bonds. The Kier molecular flexibility index (Phi) is 10.3. The molecule has 1 aliphatic rings. The van der Waals surface area contributed by atoms with Crippen LogP contribution in [0, 0.1) is 0 Å². The number of aliphatic hydroxyl groups is 7. The van der Waals surface area contributed by atoms with Gasteiger partial charge in [0.15, 0.2) is 29.1 Å². The zero-order valence-electron chi connectivity index (χ0n) is 20.3. The molecule has 206 valence electrons. The van der Waals surface area contributed by atoms with E-state index in [1.165, 1.54) is 31.4 Å². The van der Waals surface area contributed by atoms with Crippen LogP contribution in [0.4, 0.5) is 0 Å². The summed E-state index contributed by atoms with van der Waals surface area (Å²) in [5, 5.41) is 79.8. The summed E-state index contributed by atoms with van der Waals surface area (Å²) in [6.07, 6.45) is -9.20. The van der Waals surface area contributed by atoms with Crippen molar-refractivity contribution in [2.45, 2.75) is 55.8 Å². The molecule has 37 heavy (non-hydrogen) atoms. The third-order valence-electron chi connectivity index (χ3n) is 6.08. The van der Waals surface area contributed by atoms with Gasteiger partial charge in [-0.1, -0.05) is 12.1 Å². The number of aryl methyl sites for hydroxylation is 1. The highest BCUT2D eigenvalue weighted by atomic mass is 16.7. The Hall–Kier alpha value is -2.68.